The predicted molar refractivity (Wildman–Crippen MR) is 103 cm³/mol. The van der Waals surface area contributed by atoms with Gasteiger partial charge in [-0.05, 0) is 60.9 Å². The van der Waals surface area contributed by atoms with E-state index in [1.807, 2.05) is 37.3 Å². The molecule has 2 aromatic carbocycles. The van der Waals surface area contributed by atoms with Crippen LogP contribution in [0.2, 0.25) is 0 Å². The molecule has 0 amide bonds. The van der Waals surface area contributed by atoms with Gasteiger partial charge >= 0.3 is 0 Å². The number of nitrogens with zero attached hydrogens (tertiary/aromatic N) is 1. The summed E-state index contributed by atoms with van der Waals surface area (Å²) in [6.45, 7) is 4.78. The van der Waals surface area contributed by atoms with Crippen LogP contribution in [0, 0.1) is 13.8 Å². The third kappa shape index (κ3) is 2.37. The lowest BCUT2D eigenvalue weighted by Gasteiger charge is -2.23. The van der Waals surface area contributed by atoms with E-state index in [9.17, 15) is 9.59 Å². The number of pyridine rings is 1. The molecule has 4 nitrogen and oxygen atoms in total. The molecular weight excluding hydrogens is 326 g/mol. The maximum Gasteiger partial charge on any atom is 0.258 e. The molecule has 0 N–H and O–H groups in total. The van der Waals surface area contributed by atoms with Gasteiger partial charge in [0.2, 0.25) is 0 Å². The van der Waals surface area contributed by atoms with Gasteiger partial charge in [-0.3, -0.25) is 9.59 Å². The summed E-state index contributed by atoms with van der Waals surface area (Å²) >= 11 is 0. The van der Waals surface area contributed by atoms with E-state index in [2.05, 4.69) is 6.92 Å². The molecule has 0 radical (unpaired) electrons. The lowest BCUT2D eigenvalue weighted by atomic mass is 9.89. The molecule has 0 atom stereocenters. The van der Waals surface area contributed by atoms with Gasteiger partial charge in [-0.2, -0.15) is 0 Å². The number of aromatic nitrogens is 1. The zero-order chi connectivity index (χ0) is 18.4. The van der Waals surface area contributed by atoms with Crippen LogP contribution in [0.5, 0.6) is 5.75 Å². The molecule has 132 valence electrons. The maximum absolute atomic E-state index is 12.7. The Kier molecular flexibility index (Phi) is 3.91. The highest BCUT2D eigenvalue weighted by atomic mass is 16.5. The summed E-state index contributed by atoms with van der Waals surface area (Å²) in [4.78, 5) is 24.6. The van der Waals surface area contributed by atoms with E-state index in [-0.39, 0.29) is 5.56 Å². The van der Waals surface area contributed by atoms with Gasteiger partial charge in [0.25, 0.3) is 5.56 Å². The van der Waals surface area contributed by atoms with Crippen LogP contribution in [-0.2, 0) is 13.5 Å². The monoisotopic (exact) mass is 347 g/mol. The molecule has 4 rings (SSSR count). The Balaban J connectivity index is 2.14. The van der Waals surface area contributed by atoms with Crippen molar-refractivity contribution in [2.45, 2.75) is 26.7 Å². The number of carbonyl (C=O) groups is 1. The highest BCUT2D eigenvalue weighted by Gasteiger charge is 2.21. The largest absolute Gasteiger partial charge is 0.493 e. The van der Waals surface area contributed by atoms with Gasteiger partial charge in [-0.25, -0.2) is 0 Å². The van der Waals surface area contributed by atoms with Crippen molar-refractivity contribution in [2.24, 2.45) is 7.05 Å². The summed E-state index contributed by atoms with van der Waals surface area (Å²) < 4.78 is 7.23. The van der Waals surface area contributed by atoms with E-state index in [0.29, 0.717) is 11.1 Å². The normalized spacial score (nSPS) is 13.3. The van der Waals surface area contributed by atoms with E-state index < -0.39 is 0 Å². The van der Waals surface area contributed by atoms with Gasteiger partial charge in [0.05, 0.1) is 12.3 Å². The van der Waals surface area contributed by atoms with Crippen molar-refractivity contribution in [3.63, 3.8) is 0 Å². The number of hydrogen-bond donors (Lipinski definition) is 0. The molecule has 1 aromatic heterocycles. The maximum atomic E-state index is 12.7. The van der Waals surface area contributed by atoms with Crippen molar-refractivity contribution in [1.82, 2.24) is 4.57 Å². The fourth-order valence-corrected chi connectivity index (χ4v) is 3.95. The topological polar surface area (TPSA) is 48.3 Å². The summed E-state index contributed by atoms with van der Waals surface area (Å²) in [5.74, 6) is 0.926. The lowest BCUT2D eigenvalue weighted by Crippen LogP contribution is -2.22. The first-order valence-corrected chi connectivity index (χ1v) is 8.87. The lowest BCUT2D eigenvalue weighted by molar-refractivity contribution is 0.111. The summed E-state index contributed by atoms with van der Waals surface area (Å²) in [5.41, 5.74) is 5.41. The Bertz CT molecular complexity index is 1110. The molecule has 0 aliphatic carbocycles. The summed E-state index contributed by atoms with van der Waals surface area (Å²) in [6.07, 6.45) is 2.74. The smallest absolute Gasteiger partial charge is 0.258 e. The zero-order valence-electron chi connectivity index (χ0n) is 15.3. The summed E-state index contributed by atoms with van der Waals surface area (Å²) in [6, 6.07) is 9.81. The fraction of sp³-hybridized carbons (Fsp3) is 0.273. The van der Waals surface area contributed by atoms with E-state index in [4.69, 9.17) is 4.74 Å². The van der Waals surface area contributed by atoms with Gasteiger partial charge < -0.3 is 9.30 Å². The second-order valence-electron chi connectivity index (χ2n) is 6.96. The minimum Gasteiger partial charge on any atom is -0.493 e. The molecule has 0 fully saturated rings. The number of aldehydes is 1. The van der Waals surface area contributed by atoms with Gasteiger partial charge in [-0.15, -0.1) is 0 Å². The number of rotatable bonds is 2. The van der Waals surface area contributed by atoms with Crippen molar-refractivity contribution < 1.29 is 9.53 Å². The first-order valence-electron chi connectivity index (χ1n) is 8.87. The fourth-order valence-electron chi connectivity index (χ4n) is 3.95. The Labute approximate surface area is 152 Å². The van der Waals surface area contributed by atoms with Crippen molar-refractivity contribution in [3.05, 3.63) is 63.1 Å². The van der Waals surface area contributed by atoms with Crippen LogP contribution in [0.25, 0.3) is 21.9 Å². The second-order valence-corrected chi connectivity index (χ2v) is 6.96. The van der Waals surface area contributed by atoms with E-state index in [1.54, 1.807) is 7.05 Å². The molecule has 2 heterocycles. The average Bonchev–Trinajstić information content (AvgIpc) is 2.66. The van der Waals surface area contributed by atoms with Crippen LogP contribution in [-0.4, -0.2) is 17.5 Å². The molecule has 0 spiro atoms. The van der Waals surface area contributed by atoms with Crippen molar-refractivity contribution in [1.29, 1.82) is 0 Å². The average molecular weight is 347 g/mol. The number of ether oxygens (including phenoxy) is 1. The molecule has 0 saturated heterocycles. The Morgan fingerprint density at radius 2 is 1.92 bits per heavy atom. The number of benzene rings is 2. The van der Waals surface area contributed by atoms with Crippen LogP contribution in [0.15, 0.2) is 35.1 Å². The van der Waals surface area contributed by atoms with Crippen molar-refractivity contribution in [3.8, 4) is 16.9 Å². The van der Waals surface area contributed by atoms with Crippen LogP contribution in [0.1, 0.15) is 33.6 Å². The molecule has 1 aliphatic heterocycles. The molecule has 26 heavy (non-hydrogen) atoms. The first kappa shape index (κ1) is 16.6. The predicted octanol–water partition coefficient (Wildman–Crippen LogP) is 3.96. The van der Waals surface area contributed by atoms with Crippen LogP contribution in [0.4, 0.5) is 0 Å². The molecule has 4 heteroatoms. The van der Waals surface area contributed by atoms with E-state index in [1.165, 1.54) is 10.1 Å². The van der Waals surface area contributed by atoms with E-state index >= 15 is 0 Å². The molecule has 0 bridgehead atoms. The molecular formula is C22H21NO3. The van der Waals surface area contributed by atoms with Gasteiger partial charge in [0.15, 0.2) is 6.29 Å². The first-order chi connectivity index (χ1) is 12.5. The summed E-state index contributed by atoms with van der Waals surface area (Å²) in [5, 5.41) is 1.46. The minimum atomic E-state index is -0.145. The summed E-state index contributed by atoms with van der Waals surface area (Å²) in [7, 11) is 1.66. The van der Waals surface area contributed by atoms with Crippen LogP contribution in [0.3, 0.4) is 0 Å². The highest BCUT2D eigenvalue weighted by molar-refractivity contribution is 6.04. The minimum absolute atomic E-state index is 0.145. The Hall–Kier alpha value is -2.88. The van der Waals surface area contributed by atoms with Gasteiger partial charge in [-0.1, -0.05) is 23.8 Å². The molecule has 3 aromatic rings. The third-order valence-electron chi connectivity index (χ3n) is 5.36. The van der Waals surface area contributed by atoms with E-state index in [0.717, 1.165) is 59.1 Å². The highest BCUT2D eigenvalue weighted by Crippen LogP contribution is 2.38. The zero-order valence-corrected chi connectivity index (χ0v) is 15.3. The standard InChI is InChI=1S/C22H21NO3/c1-13-6-7-17-18(11-13)22(25)23(3)19(12-24)21(17)16-8-9-20-15(14(16)2)5-4-10-26-20/h6-9,11-12H,4-5,10H2,1-3H3. The molecule has 1 aliphatic rings. The van der Waals surface area contributed by atoms with Crippen molar-refractivity contribution in [2.75, 3.05) is 6.61 Å². The second kappa shape index (κ2) is 6.13. The van der Waals surface area contributed by atoms with Gasteiger partial charge in [0.1, 0.15) is 5.75 Å². The Morgan fingerprint density at radius 3 is 2.69 bits per heavy atom. The third-order valence-corrected chi connectivity index (χ3v) is 5.36. The van der Waals surface area contributed by atoms with Gasteiger partial charge in [0, 0.05) is 18.0 Å². The quantitative estimate of drug-likeness (QED) is 0.659. The number of hydrogen-bond acceptors (Lipinski definition) is 3. The van der Waals surface area contributed by atoms with Crippen molar-refractivity contribution >= 4 is 17.1 Å². The number of carbonyl (C=O) groups excluding carboxylic acids is 1. The number of fused-ring (bicyclic) bond motifs is 2. The SMILES string of the molecule is Cc1ccc2c(-c3ccc4c(c3C)CCCO4)c(C=O)n(C)c(=O)c2c1. The van der Waals surface area contributed by atoms with Crippen LogP contribution >= 0.6 is 0 Å². The van der Waals surface area contributed by atoms with Crippen LogP contribution < -0.4 is 10.3 Å². The molecule has 0 saturated carbocycles. The number of aryl methyl sites for hydroxylation is 1. The molecule has 0 unspecified atom stereocenters. The Morgan fingerprint density at radius 1 is 1.12 bits per heavy atom.